The van der Waals surface area contributed by atoms with Crippen molar-refractivity contribution in [2.24, 2.45) is 0 Å². The Bertz CT molecular complexity index is 611. The maximum absolute atomic E-state index is 13.1. The minimum Gasteiger partial charge on any atom is -0.497 e. The Morgan fingerprint density at radius 1 is 1.31 bits per heavy atom. The third-order valence-electron chi connectivity index (χ3n) is 6.07. The van der Waals surface area contributed by atoms with Gasteiger partial charge in [0.15, 0.2) is 0 Å². The van der Waals surface area contributed by atoms with E-state index in [9.17, 15) is 15.0 Å². The van der Waals surface area contributed by atoms with Gasteiger partial charge in [-0.25, -0.2) is 0 Å². The molecule has 0 radical (unpaired) electrons. The normalized spacial score (nSPS) is 30.0. The zero-order valence-corrected chi connectivity index (χ0v) is 15.6. The summed E-state index contributed by atoms with van der Waals surface area (Å²) in [6.45, 7) is -0.0709. The minimum atomic E-state index is -0.277. The topological polar surface area (TPSA) is 82.0 Å². The fourth-order valence-corrected chi connectivity index (χ4v) is 4.62. The number of aliphatic hydroxyl groups excluding tert-OH is 2. The molecule has 144 valence electrons. The van der Waals surface area contributed by atoms with Crippen molar-refractivity contribution in [3.8, 4) is 5.75 Å². The number of likely N-dealkylation sites (tertiary alicyclic amines) is 1. The van der Waals surface area contributed by atoms with E-state index in [0.29, 0.717) is 19.3 Å². The second-order valence-electron chi connectivity index (χ2n) is 7.60. The average molecular weight is 362 g/mol. The summed E-state index contributed by atoms with van der Waals surface area (Å²) in [6, 6.07) is 7.29. The molecule has 1 amide bonds. The number of nitrogens with zero attached hydrogens (tertiary/aromatic N) is 1. The number of rotatable bonds is 6. The summed E-state index contributed by atoms with van der Waals surface area (Å²) in [5, 5.41) is 23.2. The molecule has 1 aliphatic carbocycles. The number of ether oxygens (including phenoxy) is 1. The fraction of sp³-hybridized carbons (Fsp3) is 0.650. The van der Waals surface area contributed by atoms with Crippen molar-refractivity contribution in [1.29, 1.82) is 0 Å². The van der Waals surface area contributed by atoms with E-state index < -0.39 is 0 Å². The van der Waals surface area contributed by atoms with Gasteiger partial charge in [-0.3, -0.25) is 4.79 Å². The highest BCUT2D eigenvalue weighted by Crippen LogP contribution is 2.44. The van der Waals surface area contributed by atoms with Gasteiger partial charge in [-0.1, -0.05) is 12.1 Å². The van der Waals surface area contributed by atoms with Crippen molar-refractivity contribution >= 4 is 5.91 Å². The Morgan fingerprint density at radius 2 is 1.96 bits per heavy atom. The van der Waals surface area contributed by atoms with Gasteiger partial charge in [0, 0.05) is 5.54 Å². The van der Waals surface area contributed by atoms with Gasteiger partial charge in [0.05, 0.1) is 31.9 Å². The molecule has 2 atom stereocenters. The third-order valence-corrected chi connectivity index (χ3v) is 6.07. The van der Waals surface area contributed by atoms with Crippen molar-refractivity contribution in [3.05, 3.63) is 29.8 Å². The molecule has 0 bridgehead atoms. The second-order valence-corrected chi connectivity index (χ2v) is 7.60. The fourth-order valence-electron chi connectivity index (χ4n) is 4.62. The largest absolute Gasteiger partial charge is 0.497 e. The van der Waals surface area contributed by atoms with Gasteiger partial charge < -0.3 is 25.2 Å². The number of likely N-dealkylation sites (N-methyl/N-ethyl adjacent to an activating group) is 1. The SMILES string of the molecule is CN[C@H]1CC2(CCC(O)CC2)N([C@H](CO)Cc2ccc(OC)cc2)C1=O. The standard InChI is InChI=1S/C20H30N2O4/c1-21-18-12-20(9-7-16(24)8-10-20)22(19(18)25)15(13-23)11-14-3-5-17(26-2)6-4-14/h3-6,15-16,18,21,23-24H,7-13H2,1-2H3/t15-,16?,18-,20?/m0/s1. The molecule has 1 heterocycles. The van der Waals surface area contributed by atoms with E-state index in [0.717, 1.165) is 30.6 Å². The molecular weight excluding hydrogens is 332 g/mol. The first-order valence-corrected chi connectivity index (χ1v) is 9.45. The molecule has 26 heavy (non-hydrogen) atoms. The van der Waals surface area contributed by atoms with E-state index in [2.05, 4.69) is 5.32 Å². The van der Waals surface area contributed by atoms with E-state index >= 15 is 0 Å². The number of amides is 1. The first-order chi connectivity index (χ1) is 12.5. The molecule has 2 aliphatic rings. The Morgan fingerprint density at radius 3 is 2.50 bits per heavy atom. The van der Waals surface area contributed by atoms with Crippen molar-refractivity contribution < 1.29 is 19.7 Å². The van der Waals surface area contributed by atoms with Crippen LogP contribution in [0, 0.1) is 0 Å². The number of nitrogens with one attached hydrogen (secondary N) is 1. The summed E-state index contributed by atoms with van der Waals surface area (Å²) in [6.07, 6.45) is 4.07. The van der Waals surface area contributed by atoms with Crippen molar-refractivity contribution in [3.63, 3.8) is 0 Å². The van der Waals surface area contributed by atoms with E-state index in [1.54, 1.807) is 7.11 Å². The first-order valence-electron chi connectivity index (χ1n) is 9.45. The van der Waals surface area contributed by atoms with Crippen LogP contribution in [0.4, 0.5) is 0 Å². The van der Waals surface area contributed by atoms with Gasteiger partial charge in [0.2, 0.25) is 5.91 Å². The summed E-state index contributed by atoms with van der Waals surface area (Å²) < 4.78 is 5.20. The van der Waals surface area contributed by atoms with Crippen LogP contribution in [0.1, 0.15) is 37.7 Å². The maximum atomic E-state index is 13.1. The van der Waals surface area contributed by atoms with E-state index in [4.69, 9.17) is 4.74 Å². The highest BCUT2D eigenvalue weighted by molar-refractivity contribution is 5.86. The van der Waals surface area contributed by atoms with Crippen LogP contribution in [0.15, 0.2) is 24.3 Å². The van der Waals surface area contributed by atoms with Crippen molar-refractivity contribution in [2.45, 2.75) is 62.3 Å². The molecule has 0 unspecified atom stereocenters. The molecule has 1 saturated carbocycles. The van der Waals surface area contributed by atoms with E-state index in [1.807, 2.05) is 36.2 Å². The highest BCUT2D eigenvalue weighted by Gasteiger charge is 2.53. The number of aliphatic hydroxyl groups is 2. The van der Waals surface area contributed by atoms with Gasteiger partial charge in [0.25, 0.3) is 0 Å². The quantitative estimate of drug-likeness (QED) is 0.706. The van der Waals surface area contributed by atoms with Crippen LogP contribution in [-0.4, -0.2) is 65.5 Å². The third kappa shape index (κ3) is 3.59. The predicted molar refractivity (Wildman–Crippen MR) is 99.1 cm³/mol. The molecule has 1 spiro atoms. The molecular formula is C20H30N2O4. The summed E-state index contributed by atoms with van der Waals surface area (Å²) in [4.78, 5) is 15.0. The molecule has 1 aliphatic heterocycles. The maximum Gasteiger partial charge on any atom is 0.240 e. The minimum absolute atomic E-state index is 0.0662. The molecule has 6 nitrogen and oxygen atoms in total. The van der Waals surface area contributed by atoms with Crippen LogP contribution in [0.5, 0.6) is 5.75 Å². The number of carbonyl (C=O) groups excluding carboxylic acids is 1. The summed E-state index contributed by atoms with van der Waals surface area (Å²) in [5.74, 6) is 0.857. The number of hydrogen-bond donors (Lipinski definition) is 3. The monoisotopic (exact) mass is 362 g/mol. The molecule has 3 rings (SSSR count). The zero-order valence-electron chi connectivity index (χ0n) is 15.6. The van der Waals surface area contributed by atoms with Crippen LogP contribution in [0.3, 0.4) is 0 Å². The number of carbonyl (C=O) groups is 1. The Kier molecular flexibility index (Phi) is 5.85. The van der Waals surface area contributed by atoms with Crippen LogP contribution >= 0.6 is 0 Å². The Hall–Kier alpha value is -1.63. The highest BCUT2D eigenvalue weighted by atomic mass is 16.5. The summed E-state index contributed by atoms with van der Waals surface area (Å²) in [5.41, 5.74) is 0.806. The van der Waals surface area contributed by atoms with Crippen molar-refractivity contribution in [2.75, 3.05) is 20.8 Å². The van der Waals surface area contributed by atoms with Gasteiger partial charge in [-0.15, -0.1) is 0 Å². The molecule has 1 aromatic carbocycles. The first kappa shape index (κ1) is 19.1. The zero-order chi connectivity index (χ0) is 18.7. The van der Waals surface area contributed by atoms with Gasteiger partial charge in [-0.2, -0.15) is 0 Å². The van der Waals surface area contributed by atoms with Crippen LogP contribution in [-0.2, 0) is 11.2 Å². The van der Waals surface area contributed by atoms with Crippen LogP contribution in [0.2, 0.25) is 0 Å². The summed E-state index contributed by atoms with van der Waals surface area (Å²) in [7, 11) is 3.45. The lowest BCUT2D eigenvalue weighted by Crippen LogP contribution is -2.55. The predicted octanol–water partition coefficient (Wildman–Crippen LogP) is 1.09. The van der Waals surface area contributed by atoms with E-state index in [-0.39, 0.29) is 36.2 Å². The number of benzene rings is 1. The van der Waals surface area contributed by atoms with Crippen LogP contribution in [0.25, 0.3) is 0 Å². The number of hydrogen-bond acceptors (Lipinski definition) is 5. The molecule has 2 fully saturated rings. The second kappa shape index (κ2) is 7.94. The molecule has 1 aromatic rings. The molecule has 0 aromatic heterocycles. The Labute approximate surface area is 155 Å². The smallest absolute Gasteiger partial charge is 0.240 e. The summed E-state index contributed by atoms with van der Waals surface area (Å²) >= 11 is 0. The Balaban J connectivity index is 1.84. The van der Waals surface area contributed by atoms with Gasteiger partial charge in [0.1, 0.15) is 5.75 Å². The van der Waals surface area contributed by atoms with Gasteiger partial charge in [-0.05, 0) is 63.3 Å². The molecule has 1 saturated heterocycles. The van der Waals surface area contributed by atoms with Crippen LogP contribution < -0.4 is 10.1 Å². The number of methoxy groups -OCH3 is 1. The average Bonchev–Trinajstić information content (AvgIpc) is 2.94. The molecule has 3 N–H and O–H groups in total. The van der Waals surface area contributed by atoms with Crippen molar-refractivity contribution in [1.82, 2.24) is 10.2 Å². The van der Waals surface area contributed by atoms with Gasteiger partial charge >= 0.3 is 0 Å². The lowest BCUT2D eigenvalue weighted by Gasteiger charge is -2.46. The lowest BCUT2D eigenvalue weighted by molar-refractivity contribution is -0.138. The molecule has 6 heteroatoms. The lowest BCUT2D eigenvalue weighted by atomic mass is 9.77. The van der Waals surface area contributed by atoms with E-state index in [1.165, 1.54) is 0 Å².